The number of para-hydroxylation sites is 1. The molecule has 0 spiro atoms. The highest BCUT2D eigenvalue weighted by Gasteiger charge is 2.30. The molecule has 1 aromatic carbocycles. The fourth-order valence-corrected chi connectivity index (χ4v) is 2.88. The summed E-state index contributed by atoms with van der Waals surface area (Å²) in [4.78, 5) is 2.51. The van der Waals surface area contributed by atoms with Crippen LogP contribution in [0.25, 0.3) is 0 Å². The van der Waals surface area contributed by atoms with Gasteiger partial charge in [0, 0.05) is 28.2 Å². The predicted octanol–water partition coefficient (Wildman–Crippen LogP) is 2.87. The van der Waals surface area contributed by atoms with Crippen molar-refractivity contribution in [3.05, 3.63) is 27.8 Å². The average Bonchev–Trinajstić information content (AvgIpc) is 2.23. The van der Waals surface area contributed by atoms with Crippen LogP contribution in [0.1, 0.15) is 20.8 Å². The second kappa shape index (κ2) is 4.53. The molecular weight excluding hydrogens is 311 g/mol. The van der Waals surface area contributed by atoms with Crippen LogP contribution in [-0.2, 0) is 0 Å². The van der Waals surface area contributed by atoms with Gasteiger partial charge in [0.15, 0.2) is 0 Å². The van der Waals surface area contributed by atoms with Gasteiger partial charge in [0.2, 0.25) is 0 Å². The van der Waals surface area contributed by atoms with Gasteiger partial charge in [0.05, 0.1) is 5.69 Å². The highest BCUT2D eigenvalue weighted by Crippen LogP contribution is 2.27. The van der Waals surface area contributed by atoms with Crippen molar-refractivity contribution in [2.75, 3.05) is 18.0 Å². The first-order chi connectivity index (χ1) is 7.49. The van der Waals surface area contributed by atoms with Crippen LogP contribution < -0.4 is 10.2 Å². The largest absolute Gasteiger partial charge is 0.365 e. The molecule has 1 fully saturated rings. The third-order valence-electron chi connectivity index (χ3n) is 3.14. The van der Waals surface area contributed by atoms with Gasteiger partial charge < -0.3 is 10.2 Å². The normalized spacial score (nSPS) is 24.5. The first kappa shape index (κ1) is 12.2. The maximum atomic E-state index is 3.58. The standard InChI is InChI=1S/C13H19IN2/c1-10-8-15-13(2,3)9-16(10)12-7-5-4-6-11(12)14/h4-7,10,15H,8-9H2,1-3H3. The summed E-state index contributed by atoms with van der Waals surface area (Å²) in [6.45, 7) is 8.93. The summed E-state index contributed by atoms with van der Waals surface area (Å²) in [5.41, 5.74) is 1.57. The number of anilines is 1. The van der Waals surface area contributed by atoms with E-state index in [4.69, 9.17) is 0 Å². The van der Waals surface area contributed by atoms with E-state index in [0.29, 0.717) is 6.04 Å². The number of halogens is 1. The van der Waals surface area contributed by atoms with E-state index in [1.807, 2.05) is 0 Å². The zero-order chi connectivity index (χ0) is 11.8. The second-order valence-electron chi connectivity index (χ2n) is 5.19. The molecule has 1 atom stereocenters. The molecule has 0 amide bonds. The molecule has 1 heterocycles. The highest BCUT2D eigenvalue weighted by atomic mass is 127. The minimum Gasteiger partial charge on any atom is -0.365 e. The Morgan fingerprint density at radius 3 is 2.75 bits per heavy atom. The first-order valence-corrected chi connectivity index (χ1v) is 6.84. The zero-order valence-corrected chi connectivity index (χ0v) is 12.3. The molecule has 0 radical (unpaired) electrons. The molecule has 88 valence electrons. The van der Waals surface area contributed by atoms with Gasteiger partial charge in [-0.15, -0.1) is 0 Å². The molecule has 0 aromatic heterocycles. The Bertz CT molecular complexity index is 376. The predicted molar refractivity (Wildman–Crippen MR) is 78.0 cm³/mol. The maximum Gasteiger partial charge on any atom is 0.0505 e. The Morgan fingerprint density at radius 2 is 2.06 bits per heavy atom. The van der Waals surface area contributed by atoms with Crippen LogP contribution >= 0.6 is 22.6 Å². The number of hydrogen-bond acceptors (Lipinski definition) is 2. The minimum atomic E-state index is 0.200. The number of rotatable bonds is 1. The van der Waals surface area contributed by atoms with E-state index in [0.717, 1.165) is 13.1 Å². The van der Waals surface area contributed by atoms with Crippen molar-refractivity contribution < 1.29 is 0 Å². The molecule has 1 saturated heterocycles. The SMILES string of the molecule is CC1CNC(C)(C)CN1c1ccccc1I. The Kier molecular flexibility index (Phi) is 3.45. The number of hydrogen-bond donors (Lipinski definition) is 1. The summed E-state index contributed by atoms with van der Waals surface area (Å²) in [7, 11) is 0. The fraction of sp³-hybridized carbons (Fsp3) is 0.538. The molecule has 0 bridgehead atoms. The van der Waals surface area contributed by atoms with Gasteiger partial charge in [-0.3, -0.25) is 0 Å². The fourth-order valence-electron chi connectivity index (χ4n) is 2.18. The monoisotopic (exact) mass is 330 g/mol. The van der Waals surface area contributed by atoms with Gasteiger partial charge in [0.25, 0.3) is 0 Å². The van der Waals surface area contributed by atoms with Crippen LogP contribution in [0.15, 0.2) is 24.3 Å². The lowest BCUT2D eigenvalue weighted by atomic mass is 9.98. The quantitative estimate of drug-likeness (QED) is 0.797. The lowest BCUT2D eigenvalue weighted by Gasteiger charge is -2.45. The van der Waals surface area contributed by atoms with E-state index < -0.39 is 0 Å². The molecule has 1 unspecified atom stereocenters. The van der Waals surface area contributed by atoms with Gasteiger partial charge in [-0.1, -0.05) is 12.1 Å². The molecular formula is C13H19IN2. The van der Waals surface area contributed by atoms with Crippen LogP contribution in [0.3, 0.4) is 0 Å². The summed E-state index contributed by atoms with van der Waals surface area (Å²) in [5.74, 6) is 0. The smallest absolute Gasteiger partial charge is 0.0505 e. The summed E-state index contributed by atoms with van der Waals surface area (Å²) in [5, 5.41) is 3.58. The highest BCUT2D eigenvalue weighted by molar-refractivity contribution is 14.1. The number of benzene rings is 1. The van der Waals surface area contributed by atoms with Crippen LogP contribution in [-0.4, -0.2) is 24.7 Å². The second-order valence-corrected chi connectivity index (χ2v) is 6.36. The Balaban J connectivity index is 2.28. The van der Waals surface area contributed by atoms with E-state index in [2.05, 4.69) is 77.8 Å². The van der Waals surface area contributed by atoms with Crippen LogP contribution in [0.2, 0.25) is 0 Å². The summed E-state index contributed by atoms with van der Waals surface area (Å²) >= 11 is 2.42. The number of nitrogens with one attached hydrogen (secondary N) is 1. The summed E-state index contributed by atoms with van der Waals surface area (Å²) < 4.78 is 1.34. The van der Waals surface area contributed by atoms with Crippen molar-refractivity contribution in [1.29, 1.82) is 0 Å². The van der Waals surface area contributed by atoms with Crippen molar-refractivity contribution >= 4 is 28.3 Å². The molecule has 1 aliphatic rings. The molecule has 3 heteroatoms. The van der Waals surface area contributed by atoms with Crippen LogP contribution in [0.5, 0.6) is 0 Å². The Labute approximate surface area is 112 Å². The van der Waals surface area contributed by atoms with Crippen molar-refractivity contribution in [2.24, 2.45) is 0 Å². The molecule has 2 nitrogen and oxygen atoms in total. The molecule has 2 rings (SSSR count). The van der Waals surface area contributed by atoms with Gasteiger partial charge in [-0.25, -0.2) is 0 Å². The van der Waals surface area contributed by atoms with Crippen molar-refractivity contribution in [3.63, 3.8) is 0 Å². The van der Waals surface area contributed by atoms with E-state index in [-0.39, 0.29) is 5.54 Å². The summed E-state index contributed by atoms with van der Waals surface area (Å²) in [6.07, 6.45) is 0. The first-order valence-electron chi connectivity index (χ1n) is 5.76. The molecule has 1 N–H and O–H groups in total. The molecule has 16 heavy (non-hydrogen) atoms. The Morgan fingerprint density at radius 1 is 1.38 bits per heavy atom. The van der Waals surface area contributed by atoms with E-state index >= 15 is 0 Å². The van der Waals surface area contributed by atoms with Gasteiger partial charge in [0.1, 0.15) is 0 Å². The van der Waals surface area contributed by atoms with E-state index in [1.54, 1.807) is 0 Å². The Hall–Kier alpha value is -0.290. The topological polar surface area (TPSA) is 15.3 Å². The molecule has 0 saturated carbocycles. The van der Waals surface area contributed by atoms with Gasteiger partial charge in [-0.2, -0.15) is 0 Å². The lowest BCUT2D eigenvalue weighted by Crippen LogP contribution is -2.61. The van der Waals surface area contributed by atoms with Gasteiger partial charge in [-0.05, 0) is 55.5 Å². The van der Waals surface area contributed by atoms with E-state index in [1.165, 1.54) is 9.26 Å². The third kappa shape index (κ3) is 2.51. The van der Waals surface area contributed by atoms with Crippen LogP contribution in [0.4, 0.5) is 5.69 Å². The van der Waals surface area contributed by atoms with Crippen molar-refractivity contribution in [3.8, 4) is 0 Å². The molecule has 1 aliphatic heterocycles. The third-order valence-corrected chi connectivity index (χ3v) is 4.05. The van der Waals surface area contributed by atoms with Crippen molar-refractivity contribution in [2.45, 2.75) is 32.4 Å². The maximum absolute atomic E-state index is 3.58. The number of nitrogens with zero attached hydrogens (tertiary/aromatic N) is 1. The van der Waals surface area contributed by atoms with E-state index in [9.17, 15) is 0 Å². The molecule has 0 aliphatic carbocycles. The minimum absolute atomic E-state index is 0.200. The van der Waals surface area contributed by atoms with Crippen molar-refractivity contribution in [1.82, 2.24) is 5.32 Å². The molecule has 1 aromatic rings. The van der Waals surface area contributed by atoms with Gasteiger partial charge >= 0.3 is 0 Å². The van der Waals surface area contributed by atoms with Crippen LogP contribution in [0, 0.1) is 3.57 Å². The number of piperazine rings is 1. The zero-order valence-electron chi connectivity index (χ0n) is 10.1. The average molecular weight is 330 g/mol. The lowest BCUT2D eigenvalue weighted by molar-refractivity contribution is 0.318. The summed E-state index contributed by atoms with van der Waals surface area (Å²) in [6, 6.07) is 9.18.